The van der Waals surface area contributed by atoms with Gasteiger partial charge in [0.1, 0.15) is 5.84 Å². The summed E-state index contributed by atoms with van der Waals surface area (Å²) in [5.41, 5.74) is 0.965. The summed E-state index contributed by atoms with van der Waals surface area (Å²) in [6.45, 7) is 5.99. The number of pyridine rings is 1. The van der Waals surface area contributed by atoms with E-state index in [0.29, 0.717) is 5.88 Å². The summed E-state index contributed by atoms with van der Waals surface area (Å²) >= 11 is 0. The Morgan fingerprint density at radius 2 is 2.41 bits per heavy atom. The third-order valence-electron chi connectivity index (χ3n) is 2.81. The zero-order chi connectivity index (χ0) is 12.1. The highest BCUT2D eigenvalue weighted by Crippen LogP contribution is 2.18. The minimum Gasteiger partial charge on any atom is -0.474 e. The lowest BCUT2D eigenvalue weighted by molar-refractivity contribution is 0.208. The quantitative estimate of drug-likeness (QED) is 0.865. The summed E-state index contributed by atoms with van der Waals surface area (Å²) in [6, 6.07) is 3.92. The summed E-state index contributed by atoms with van der Waals surface area (Å²) < 4.78 is 5.82. The largest absolute Gasteiger partial charge is 0.474 e. The Balaban J connectivity index is 2.23. The molecule has 2 heterocycles. The minimum absolute atomic E-state index is 0.174. The van der Waals surface area contributed by atoms with Crippen LogP contribution in [0.4, 0.5) is 0 Å². The van der Waals surface area contributed by atoms with Crippen molar-refractivity contribution in [3.05, 3.63) is 23.9 Å². The van der Waals surface area contributed by atoms with E-state index in [-0.39, 0.29) is 6.10 Å². The first-order valence-electron chi connectivity index (χ1n) is 6.21. The molecule has 4 nitrogen and oxygen atoms in total. The van der Waals surface area contributed by atoms with Gasteiger partial charge in [-0.05, 0) is 31.9 Å². The second-order valence-corrected chi connectivity index (χ2v) is 4.20. The van der Waals surface area contributed by atoms with Crippen LogP contribution in [0.5, 0.6) is 5.88 Å². The number of ether oxygens (including phenoxy) is 1. The van der Waals surface area contributed by atoms with Gasteiger partial charge in [-0.3, -0.25) is 4.99 Å². The maximum atomic E-state index is 5.82. The van der Waals surface area contributed by atoms with Crippen molar-refractivity contribution in [3.8, 4) is 5.88 Å². The molecule has 1 aliphatic rings. The molecule has 0 aromatic carbocycles. The predicted molar refractivity (Wildman–Crippen MR) is 68.6 cm³/mol. The van der Waals surface area contributed by atoms with Gasteiger partial charge in [-0.15, -0.1) is 0 Å². The molecule has 1 N–H and O–H groups in total. The first-order chi connectivity index (χ1) is 8.31. The van der Waals surface area contributed by atoms with Crippen LogP contribution in [0.3, 0.4) is 0 Å². The number of hydrogen-bond donors (Lipinski definition) is 1. The monoisotopic (exact) mass is 233 g/mol. The van der Waals surface area contributed by atoms with Gasteiger partial charge in [0.25, 0.3) is 0 Å². The maximum Gasteiger partial charge on any atom is 0.224 e. The van der Waals surface area contributed by atoms with E-state index in [1.54, 1.807) is 6.20 Å². The molecule has 0 aliphatic carbocycles. The summed E-state index contributed by atoms with van der Waals surface area (Å²) in [7, 11) is 0. The standard InChI is InChI=1S/C13H19N3O/c1-3-10(2)17-13-11(6-4-7-16-13)12-14-8-5-9-15-12/h4,6-7,10H,3,5,8-9H2,1-2H3,(H,14,15). The maximum absolute atomic E-state index is 5.82. The fourth-order valence-electron chi connectivity index (χ4n) is 1.65. The summed E-state index contributed by atoms with van der Waals surface area (Å²) in [5.74, 6) is 1.58. The van der Waals surface area contributed by atoms with E-state index in [2.05, 4.69) is 29.1 Å². The van der Waals surface area contributed by atoms with E-state index in [0.717, 1.165) is 37.3 Å². The molecule has 1 atom stereocenters. The van der Waals surface area contributed by atoms with Crippen LogP contribution < -0.4 is 10.1 Å². The van der Waals surface area contributed by atoms with Crippen LogP contribution in [0.25, 0.3) is 0 Å². The molecular weight excluding hydrogens is 214 g/mol. The molecule has 17 heavy (non-hydrogen) atoms. The number of nitrogens with zero attached hydrogens (tertiary/aromatic N) is 2. The van der Waals surface area contributed by atoms with Crippen LogP contribution in [0.1, 0.15) is 32.3 Å². The Hall–Kier alpha value is -1.58. The fraction of sp³-hybridized carbons (Fsp3) is 0.538. The van der Waals surface area contributed by atoms with Crippen LogP contribution in [0.15, 0.2) is 23.3 Å². The Kier molecular flexibility index (Phi) is 3.96. The highest BCUT2D eigenvalue weighted by atomic mass is 16.5. The first kappa shape index (κ1) is 11.9. The van der Waals surface area contributed by atoms with Crippen molar-refractivity contribution in [1.29, 1.82) is 0 Å². The number of nitrogens with one attached hydrogen (secondary N) is 1. The molecule has 1 aromatic heterocycles. The lowest BCUT2D eigenvalue weighted by Gasteiger charge is -2.18. The number of rotatable bonds is 4. The first-order valence-corrected chi connectivity index (χ1v) is 6.21. The van der Waals surface area contributed by atoms with E-state index in [1.165, 1.54) is 0 Å². The molecule has 0 spiro atoms. The third kappa shape index (κ3) is 2.96. The number of hydrogen-bond acceptors (Lipinski definition) is 4. The Bertz CT molecular complexity index is 403. The van der Waals surface area contributed by atoms with Gasteiger partial charge >= 0.3 is 0 Å². The number of amidine groups is 1. The molecule has 0 bridgehead atoms. The molecule has 4 heteroatoms. The van der Waals surface area contributed by atoms with Crippen molar-refractivity contribution < 1.29 is 4.74 Å². The van der Waals surface area contributed by atoms with Crippen molar-refractivity contribution in [2.45, 2.75) is 32.8 Å². The Morgan fingerprint density at radius 1 is 1.53 bits per heavy atom. The Morgan fingerprint density at radius 3 is 3.12 bits per heavy atom. The second-order valence-electron chi connectivity index (χ2n) is 4.20. The Labute approximate surface area is 102 Å². The normalized spacial score (nSPS) is 16.9. The zero-order valence-electron chi connectivity index (χ0n) is 10.4. The van der Waals surface area contributed by atoms with E-state index in [9.17, 15) is 0 Å². The number of aromatic nitrogens is 1. The number of aliphatic imine (C=N–C) groups is 1. The van der Waals surface area contributed by atoms with Gasteiger partial charge in [0.2, 0.25) is 5.88 Å². The molecule has 92 valence electrons. The highest BCUT2D eigenvalue weighted by Gasteiger charge is 2.14. The summed E-state index contributed by atoms with van der Waals surface area (Å²) in [4.78, 5) is 8.78. The summed E-state index contributed by atoms with van der Waals surface area (Å²) in [5, 5.41) is 3.30. The van der Waals surface area contributed by atoms with E-state index >= 15 is 0 Å². The third-order valence-corrected chi connectivity index (χ3v) is 2.81. The van der Waals surface area contributed by atoms with E-state index in [1.807, 2.05) is 12.1 Å². The van der Waals surface area contributed by atoms with E-state index in [4.69, 9.17) is 4.74 Å². The lowest BCUT2D eigenvalue weighted by Crippen LogP contribution is -2.31. The molecule has 0 amide bonds. The van der Waals surface area contributed by atoms with Gasteiger partial charge in [0.15, 0.2) is 0 Å². The highest BCUT2D eigenvalue weighted by molar-refractivity contribution is 6.00. The predicted octanol–water partition coefficient (Wildman–Crippen LogP) is 2.00. The van der Waals surface area contributed by atoms with E-state index < -0.39 is 0 Å². The molecule has 0 radical (unpaired) electrons. The van der Waals surface area contributed by atoms with Crippen LogP contribution in [-0.4, -0.2) is 30.0 Å². The van der Waals surface area contributed by atoms with Crippen molar-refractivity contribution in [1.82, 2.24) is 10.3 Å². The van der Waals surface area contributed by atoms with Gasteiger partial charge in [-0.2, -0.15) is 0 Å². The minimum atomic E-state index is 0.174. The van der Waals surface area contributed by atoms with Gasteiger partial charge < -0.3 is 10.1 Å². The van der Waals surface area contributed by atoms with Crippen LogP contribution >= 0.6 is 0 Å². The molecule has 2 rings (SSSR count). The van der Waals surface area contributed by atoms with Gasteiger partial charge in [-0.25, -0.2) is 4.98 Å². The van der Waals surface area contributed by atoms with Crippen LogP contribution in [0, 0.1) is 0 Å². The molecule has 1 aromatic rings. The molecule has 1 unspecified atom stereocenters. The second kappa shape index (κ2) is 5.66. The average molecular weight is 233 g/mol. The van der Waals surface area contributed by atoms with Crippen LogP contribution in [-0.2, 0) is 0 Å². The fourth-order valence-corrected chi connectivity index (χ4v) is 1.65. The van der Waals surface area contributed by atoms with Gasteiger partial charge in [0, 0.05) is 19.3 Å². The molecule has 0 saturated carbocycles. The smallest absolute Gasteiger partial charge is 0.224 e. The van der Waals surface area contributed by atoms with Crippen molar-refractivity contribution in [3.63, 3.8) is 0 Å². The lowest BCUT2D eigenvalue weighted by atomic mass is 10.2. The topological polar surface area (TPSA) is 46.5 Å². The van der Waals surface area contributed by atoms with Gasteiger partial charge in [0.05, 0.1) is 11.7 Å². The van der Waals surface area contributed by atoms with Crippen molar-refractivity contribution in [2.75, 3.05) is 13.1 Å². The molecule has 1 aliphatic heterocycles. The average Bonchev–Trinajstić information content (AvgIpc) is 2.40. The summed E-state index contributed by atoms with van der Waals surface area (Å²) in [6.07, 6.45) is 3.99. The van der Waals surface area contributed by atoms with Crippen molar-refractivity contribution in [2.24, 2.45) is 4.99 Å². The SMILES string of the molecule is CCC(C)Oc1ncccc1C1=NCCCN1. The molecule has 0 saturated heterocycles. The van der Waals surface area contributed by atoms with Crippen molar-refractivity contribution >= 4 is 5.84 Å². The zero-order valence-corrected chi connectivity index (χ0v) is 10.4. The van der Waals surface area contributed by atoms with Crippen LogP contribution in [0.2, 0.25) is 0 Å². The molecule has 0 fully saturated rings. The molecular formula is C13H19N3O. The van der Waals surface area contributed by atoms with Gasteiger partial charge in [-0.1, -0.05) is 6.92 Å².